The zero-order valence-electron chi connectivity index (χ0n) is 14.4. The number of nitrogens with zero attached hydrogens (tertiary/aromatic N) is 3. The number of pyridine rings is 1. The second kappa shape index (κ2) is 5.54. The maximum atomic E-state index is 12.8. The molecular formula is C18H19N5O2. The van der Waals surface area contributed by atoms with Gasteiger partial charge in [-0.25, -0.2) is 4.98 Å². The molecule has 0 atom stereocenters. The maximum Gasteiger partial charge on any atom is 0.259 e. The Hall–Kier alpha value is -2.96. The van der Waals surface area contributed by atoms with Gasteiger partial charge in [-0.15, -0.1) is 0 Å². The van der Waals surface area contributed by atoms with E-state index in [4.69, 9.17) is 4.42 Å². The first kappa shape index (κ1) is 15.6. The molecule has 3 heterocycles. The van der Waals surface area contributed by atoms with E-state index in [9.17, 15) is 4.79 Å². The van der Waals surface area contributed by atoms with Gasteiger partial charge in [0, 0.05) is 11.7 Å². The Bertz CT molecular complexity index is 975. The molecule has 1 amide bonds. The van der Waals surface area contributed by atoms with Gasteiger partial charge in [0.2, 0.25) is 5.71 Å². The van der Waals surface area contributed by atoms with Crippen LogP contribution in [0.3, 0.4) is 0 Å². The predicted molar refractivity (Wildman–Crippen MR) is 94.7 cm³/mol. The van der Waals surface area contributed by atoms with Crippen molar-refractivity contribution in [1.29, 1.82) is 0 Å². The van der Waals surface area contributed by atoms with Gasteiger partial charge in [0.15, 0.2) is 0 Å². The third-order valence-corrected chi connectivity index (χ3v) is 4.47. The molecule has 1 aliphatic rings. The Morgan fingerprint density at radius 2 is 2.08 bits per heavy atom. The van der Waals surface area contributed by atoms with Crippen molar-refractivity contribution in [1.82, 2.24) is 15.0 Å². The molecule has 0 unspecified atom stereocenters. The van der Waals surface area contributed by atoms with Crippen LogP contribution in [0.25, 0.3) is 11.1 Å². The first-order chi connectivity index (χ1) is 12.0. The van der Waals surface area contributed by atoms with E-state index in [2.05, 4.69) is 32.5 Å². The Morgan fingerprint density at radius 3 is 2.80 bits per heavy atom. The number of hydrogen-bond acceptors (Lipinski definition) is 6. The number of aryl methyl sites for hydroxylation is 2. The zero-order valence-corrected chi connectivity index (χ0v) is 14.4. The van der Waals surface area contributed by atoms with Gasteiger partial charge in [-0.2, -0.15) is 4.98 Å². The monoisotopic (exact) mass is 337 g/mol. The molecule has 1 saturated carbocycles. The van der Waals surface area contributed by atoms with Crippen molar-refractivity contribution in [2.75, 3.05) is 10.6 Å². The Balaban J connectivity index is 1.74. The van der Waals surface area contributed by atoms with Gasteiger partial charge in [-0.3, -0.25) is 9.78 Å². The second-order valence-corrected chi connectivity index (χ2v) is 6.73. The molecule has 0 spiro atoms. The SMILES string of the molecule is Cc1nc(NC2(C)CC2)c2c(C(=O)Nc3cccnc3C)coc2n1. The summed E-state index contributed by atoms with van der Waals surface area (Å²) in [5, 5.41) is 6.92. The third kappa shape index (κ3) is 2.93. The van der Waals surface area contributed by atoms with Gasteiger partial charge in [0.05, 0.1) is 22.3 Å². The summed E-state index contributed by atoms with van der Waals surface area (Å²) in [6, 6.07) is 3.59. The van der Waals surface area contributed by atoms with Crippen molar-refractivity contribution in [3.05, 3.63) is 41.7 Å². The quantitative estimate of drug-likeness (QED) is 0.757. The number of fused-ring (bicyclic) bond motifs is 1. The molecule has 1 fully saturated rings. The molecule has 0 aliphatic heterocycles. The molecule has 25 heavy (non-hydrogen) atoms. The van der Waals surface area contributed by atoms with Crippen molar-refractivity contribution in [2.24, 2.45) is 0 Å². The minimum atomic E-state index is -0.272. The lowest BCUT2D eigenvalue weighted by Crippen LogP contribution is -2.19. The van der Waals surface area contributed by atoms with E-state index >= 15 is 0 Å². The summed E-state index contributed by atoms with van der Waals surface area (Å²) in [6.07, 6.45) is 5.27. The summed E-state index contributed by atoms with van der Waals surface area (Å²) in [5.74, 6) is 0.972. The number of anilines is 2. The topological polar surface area (TPSA) is 92.9 Å². The fourth-order valence-electron chi connectivity index (χ4n) is 2.71. The van der Waals surface area contributed by atoms with E-state index in [1.165, 1.54) is 6.26 Å². The number of aromatic nitrogens is 3. The van der Waals surface area contributed by atoms with Crippen LogP contribution in [0.15, 0.2) is 29.0 Å². The Morgan fingerprint density at radius 1 is 1.28 bits per heavy atom. The summed E-state index contributed by atoms with van der Waals surface area (Å²) < 4.78 is 5.53. The van der Waals surface area contributed by atoms with Gasteiger partial charge >= 0.3 is 0 Å². The molecule has 3 aromatic heterocycles. The van der Waals surface area contributed by atoms with Gasteiger partial charge in [-0.05, 0) is 45.7 Å². The molecule has 128 valence electrons. The molecule has 4 rings (SSSR count). The van der Waals surface area contributed by atoms with E-state index in [1.54, 1.807) is 19.2 Å². The number of amides is 1. The number of rotatable bonds is 4. The molecule has 1 aliphatic carbocycles. The molecule has 2 N–H and O–H groups in total. The van der Waals surface area contributed by atoms with Crippen LogP contribution in [-0.4, -0.2) is 26.4 Å². The molecule has 7 nitrogen and oxygen atoms in total. The van der Waals surface area contributed by atoms with Gasteiger partial charge < -0.3 is 15.1 Å². The lowest BCUT2D eigenvalue weighted by molar-refractivity contribution is 0.102. The van der Waals surface area contributed by atoms with Gasteiger partial charge in [-0.1, -0.05) is 0 Å². The van der Waals surface area contributed by atoms with Crippen LogP contribution in [0.5, 0.6) is 0 Å². The summed E-state index contributed by atoms with van der Waals surface area (Å²) in [7, 11) is 0. The van der Waals surface area contributed by atoms with Crippen LogP contribution >= 0.6 is 0 Å². The maximum absolute atomic E-state index is 12.8. The molecule has 3 aromatic rings. The highest BCUT2D eigenvalue weighted by Gasteiger charge is 2.38. The minimum absolute atomic E-state index is 0.0265. The van der Waals surface area contributed by atoms with E-state index < -0.39 is 0 Å². The first-order valence-corrected chi connectivity index (χ1v) is 8.22. The number of furan rings is 1. The smallest absolute Gasteiger partial charge is 0.259 e. The fourth-order valence-corrected chi connectivity index (χ4v) is 2.71. The second-order valence-electron chi connectivity index (χ2n) is 6.73. The van der Waals surface area contributed by atoms with Gasteiger partial charge in [0.1, 0.15) is 17.9 Å². The Kier molecular flexibility index (Phi) is 3.45. The predicted octanol–water partition coefficient (Wildman–Crippen LogP) is 3.45. The Labute approximate surface area is 144 Å². The number of hydrogen-bond donors (Lipinski definition) is 2. The van der Waals surface area contributed by atoms with Crippen molar-refractivity contribution >= 4 is 28.5 Å². The van der Waals surface area contributed by atoms with E-state index in [1.807, 2.05) is 13.0 Å². The standard InChI is InChI=1S/C18H19N5O2/c1-10-13(5-4-8-19-10)22-16(24)12-9-25-17-14(12)15(20-11(2)21-17)23-18(3)6-7-18/h4-5,8-9H,6-7H2,1-3H3,(H,22,24)(H,20,21,23). The number of carbonyl (C=O) groups excluding carboxylic acids is 1. The van der Waals surface area contributed by atoms with Crippen LogP contribution in [0, 0.1) is 13.8 Å². The van der Waals surface area contributed by atoms with Crippen LogP contribution in [-0.2, 0) is 0 Å². The minimum Gasteiger partial charge on any atom is -0.445 e. The highest BCUT2D eigenvalue weighted by Crippen LogP contribution is 2.40. The summed E-state index contributed by atoms with van der Waals surface area (Å²) in [5.41, 5.74) is 2.26. The van der Waals surface area contributed by atoms with Crippen molar-refractivity contribution in [2.45, 2.75) is 39.2 Å². The largest absolute Gasteiger partial charge is 0.445 e. The first-order valence-electron chi connectivity index (χ1n) is 8.22. The highest BCUT2D eigenvalue weighted by molar-refractivity contribution is 6.14. The van der Waals surface area contributed by atoms with Gasteiger partial charge in [0.25, 0.3) is 5.91 Å². The number of nitrogens with one attached hydrogen (secondary N) is 2. The summed E-state index contributed by atoms with van der Waals surface area (Å²) >= 11 is 0. The molecule has 0 bridgehead atoms. The van der Waals surface area contributed by atoms with Crippen molar-refractivity contribution in [3.8, 4) is 0 Å². The van der Waals surface area contributed by atoms with Crippen LogP contribution < -0.4 is 10.6 Å². The number of carbonyl (C=O) groups is 1. The highest BCUT2D eigenvalue weighted by atomic mass is 16.3. The fraction of sp³-hybridized carbons (Fsp3) is 0.333. The third-order valence-electron chi connectivity index (χ3n) is 4.47. The van der Waals surface area contributed by atoms with Crippen molar-refractivity contribution in [3.63, 3.8) is 0 Å². The van der Waals surface area contributed by atoms with E-state index in [0.29, 0.717) is 34.0 Å². The molecular weight excluding hydrogens is 318 g/mol. The van der Waals surface area contributed by atoms with Crippen LogP contribution in [0.4, 0.5) is 11.5 Å². The lowest BCUT2D eigenvalue weighted by atomic mass is 10.2. The average molecular weight is 337 g/mol. The van der Waals surface area contributed by atoms with E-state index in [0.717, 1.165) is 18.5 Å². The van der Waals surface area contributed by atoms with Crippen LogP contribution in [0.2, 0.25) is 0 Å². The molecule has 0 radical (unpaired) electrons. The van der Waals surface area contributed by atoms with Crippen LogP contribution in [0.1, 0.15) is 41.6 Å². The molecule has 0 saturated heterocycles. The molecule has 7 heteroatoms. The summed E-state index contributed by atoms with van der Waals surface area (Å²) in [4.78, 5) is 25.8. The normalized spacial score (nSPS) is 15.2. The zero-order chi connectivity index (χ0) is 17.6. The van der Waals surface area contributed by atoms with E-state index in [-0.39, 0.29) is 11.4 Å². The average Bonchev–Trinajstić information content (AvgIpc) is 3.12. The summed E-state index contributed by atoms with van der Waals surface area (Å²) in [6.45, 7) is 5.78. The lowest BCUT2D eigenvalue weighted by Gasteiger charge is -2.14. The van der Waals surface area contributed by atoms with Crippen molar-refractivity contribution < 1.29 is 9.21 Å². The molecule has 0 aromatic carbocycles.